The standard InChI is InChI=1S/2C37H30N2.C31H26N2/c1-38(37-19-11-14-32(28-37)29-12-5-2-6-13-29)33-24-20-30(21-25-33)31-22-26-36(27-23-31)39(34-15-7-3-8-16-34)35-17-9-4-10-18-35;1-38(33-23-17-30(18-24-33)29-11-5-2-6-12-29)34-25-19-31(20-26-34)32-21-27-37(28-22-32)39(35-13-7-3-8-14-35)36-15-9-4-10-16-36;1-32(27-11-5-2-6-12-27)28-21-17-25(18-22-28)26-19-23-31(24-20-26)33(29-13-7-3-8-14-29)30-15-9-4-10-16-30/h2*2-28H,1H3;2-24H,1H3. The van der Waals surface area contributed by atoms with Crippen LogP contribution in [-0.4, -0.2) is 21.1 Å². The van der Waals surface area contributed by atoms with Gasteiger partial charge in [-0.25, -0.2) is 0 Å². The van der Waals surface area contributed by atoms with Gasteiger partial charge in [0.25, 0.3) is 0 Å². The van der Waals surface area contributed by atoms with E-state index in [1.54, 1.807) is 0 Å². The highest BCUT2D eigenvalue weighted by Crippen LogP contribution is 2.41. The van der Waals surface area contributed by atoms with Gasteiger partial charge in [0.2, 0.25) is 0 Å². The molecule has 0 fully saturated rings. The van der Waals surface area contributed by atoms with E-state index in [9.17, 15) is 0 Å². The van der Waals surface area contributed by atoms with E-state index in [0.29, 0.717) is 0 Å². The molecule has 0 aliphatic carbocycles. The maximum absolute atomic E-state index is 2.28. The fourth-order valence-electron chi connectivity index (χ4n) is 14.0. The molecule has 17 aromatic rings. The van der Waals surface area contributed by atoms with Gasteiger partial charge in [-0.2, -0.15) is 0 Å². The Hall–Kier alpha value is -14.5. The highest BCUT2D eigenvalue weighted by Gasteiger charge is 2.17. The summed E-state index contributed by atoms with van der Waals surface area (Å²) < 4.78 is 0. The Balaban J connectivity index is 0.000000133. The Morgan fingerprint density at radius 3 is 0.468 bits per heavy atom. The first-order valence-corrected chi connectivity index (χ1v) is 37.7. The summed E-state index contributed by atoms with van der Waals surface area (Å²) >= 11 is 0. The molecule has 0 bridgehead atoms. The second-order valence-corrected chi connectivity index (χ2v) is 27.1. The molecule has 0 spiro atoms. The molecule has 0 saturated heterocycles. The Kier molecular flexibility index (Phi) is 22.9. The van der Waals surface area contributed by atoms with Crippen molar-refractivity contribution in [3.63, 3.8) is 0 Å². The summed E-state index contributed by atoms with van der Waals surface area (Å²) in [5.41, 5.74) is 29.3. The van der Waals surface area contributed by atoms with E-state index in [2.05, 4.69) is 506 Å². The van der Waals surface area contributed by atoms with Gasteiger partial charge in [-0.05, 0) is 238 Å². The minimum absolute atomic E-state index is 1.13. The van der Waals surface area contributed by atoms with Crippen LogP contribution in [-0.2, 0) is 0 Å². The summed E-state index contributed by atoms with van der Waals surface area (Å²) in [6, 6.07) is 165. The third-order valence-electron chi connectivity index (χ3n) is 20.1. The van der Waals surface area contributed by atoms with Gasteiger partial charge < -0.3 is 29.4 Å². The third-order valence-corrected chi connectivity index (χ3v) is 20.1. The van der Waals surface area contributed by atoms with Crippen molar-refractivity contribution in [2.75, 3.05) is 50.5 Å². The molecule has 0 saturated carbocycles. The molecule has 0 unspecified atom stereocenters. The van der Waals surface area contributed by atoms with Crippen molar-refractivity contribution in [2.45, 2.75) is 0 Å². The molecule has 6 heteroatoms. The first kappa shape index (κ1) is 72.1. The fourth-order valence-corrected chi connectivity index (χ4v) is 14.0. The van der Waals surface area contributed by atoms with Crippen molar-refractivity contribution < 1.29 is 0 Å². The molecular formula is C105H86N6. The van der Waals surface area contributed by atoms with Crippen LogP contribution in [0.5, 0.6) is 0 Å². The molecule has 536 valence electrons. The van der Waals surface area contributed by atoms with Gasteiger partial charge >= 0.3 is 0 Å². The van der Waals surface area contributed by atoms with Crippen molar-refractivity contribution in [3.8, 4) is 55.6 Å². The average Bonchev–Trinajstić information content (AvgIpc) is 0.815. The fraction of sp³-hybridized carbons (Fsp3) is 0.0286. The molecule has 111 heavy (non-hydrogen) atoms. The zero-order chi connectivity index (χ0) is 75.3. The molecule has 0 N–H and O–H groups in total. The van der Waals surface area contributed by atoms with Crippen LogP contribution in [0.25, 0.3) is 55.6 Å². The Morgan fingerprint density at radius 1 is 0.108 bits per heavy atom. The van der Waals surface area contributed by atoms with Crippen molar-refractivity contribution in [1.82, 2.24) is 0 Å². The van der Waals surface area contributed by atoms with E-state index in [4.69, 9.17) is 0 Å². The minimum atomic E-state index is 1.13. The summed E-state index contributed by atoms with van der Waals surface area (Å²) in [5.74, 6) is 0. The summed E-state index contributed by atoms with van der Waals surface area (Å²) in [4.78, 5) is 13.5. The first-order chi connectivity index (χ1) is 54.8. The highest BCUT2D eigenvalue weighted by atomic mass is 15.2. The predicted molar refractivity (Wildman–Crippen MR) is 474 cm³/mol. The lowest BCUT2D eigenvalue weighted by atomic mass is 10.0. The van der Waals surface area contributed by atoms with Gasteiger partial charge in [0.05, 0.1) is 0 Å². The number of anilines is 15. The molecule has 0 radical (unpaired) electrons. The molecule has 0 aromatic heterocycles. The lowest BCUT2D eigenvalue weighted by Crippen LogP contribution is -2.09. The summed E-state index contributed by atoms with van der Waals surface area (Å²) in [5, 5.41) is 0. The van der Waals surface area contributed by atoms with Crippen LogP contribution in [0.15, 0.2) is 467 Å². The van der Waals surface area contributed by atoms with Gasteiger partial charge in [-0.3, -0.25) is 0 Å². The largest absolute Gasteiger partial charge is 0.345 e. The van der Waals surface area contributed by atoms with Gasteiger partial charge in [0.1, 0.15) is 0 Å². The lowest BCUT2D eigenvalue weighted by Gasteiger charge is -2.25. The van der Waals surface area contributed by atoms with Crippen molar-refractivity contribution >= 4 is 85.3 Å². The molecule has 6 nitrogen and oxygen atoms in total. The van der Waals surface area contributed by atoms with E-state index in [1.165, 1.54) is 67.0 Å². The Labute approximate surface area is 654 Å². The SMILES string of the molecule is CN(c1ccc(-c2ccc(N(c3ccccc3)c3ccccc3)cc2)cc1)c1cccc(-c2ccccc2)c1.CN(c1ccc(-c2ccccc2)cc1)c1ccc(-c2ccc(N(c3ccccc3)c3ccccc3)cc2)cc1.CN(c1ccccc1)c1ccc(-c2ccc(N(c3ccccc3)c3ccccc3)cc2)cc1. The lowest BCUT2D eigenvalue weighted by molar-refractivity contribution is 1.21. The highest BCUT2D eigenvalue weighted by molar-refractivity contribution is 5.83. The van der Waals surface area contributed by atoms with E-state index < -0.39 is 0 Å². The number of nitrogens with zero attached hydrogens (tertiary/aromatic N) is 6. The van der Waals surface area contributed by atoms with Crippen molar-refractivity contribution in [2.24, 2.45) is 0 Å². The normalized spacial score (nSPS) is 10.7. The van der Waals surface area contributed by atoms with Gasteiger partial charge in [0.15, 0.2) is 0 Å². The number of rotatable bonds is 20. The summed E-state index contributed by atoms with van der Waals surface area (Å²) in [6.45, 7) is 0. The second kappa shape index (κ2) is 35.3. The zero-order valence-electron chi connectivity index (χ0n) is 62.6. The first-order valence-electron chi connectivity index (χ1n) is 37.7. The van der Waals surface area contributed by atoms with Crippen molar-refractivity contribution in [1.29, 1.82) is 0 Å². The molecule has 17 rings (SSSR count). The second-order valence-electron chi connectivity index (χ2n) is 27.1. The van der Waals surface area contributed by atoms with Crippen LogP contribution in [0, 0.1) is 0 Å². The van der Waals surface area contributed by atoms with Crippen LogP contribution in [0.2, 0.25) is 0 Å². The van der Waals surface area contributed by atoms with Gasteiger partial charge in [-0.15, -0.1) is 0 Å². The quantitative estimate of drug-likeness (QED) is 0.0752. The monoisotopic (exact) mass is 1430 g/mol. The maximum atomic E-state index is 2.28. The Morgan fingerprint density at radius 2 is 0.243 bits per heavy atom. The van der Waals surface area contributed by atoms with Gasteiger partial charge in [-0.1, -0.05) is 285 Å². The smallest absolute Gasteiger partial charge is 0.0462 e. The minimum Gasteiger partial charge on any atom is -0.345 e. The molecule has 0 aliphatic heterocycles. The number of hydrogen-bond donors (Lipinski definition) is 0. The molecule has 0 atom stereocenters. The van der Waals surface area contributed by atoms with E-state index in [0.717, 1.165) is 73.9 Å². The molecule has 0 heterocycles. The average molecular weight is 1430 g/mol. The van der Waals surface area contributed by atoms with Crippen LogP contribution in [0.4, 0.5) is 85.3 Å². The molecule has 0 aliphatic rings. The Bertz CT molecular complexity index is 5540. The molecule has 0 amide bonds. The number of hydrogen-bond acceptors (Lipinski definition) is 6. The molecular weight excluding hydrogens is 1350 g/mol. The van der Waals surface area contributed by atoms with Crippen LogP contribution in [0.1, 0.15) is 0 Å². The third kappa shape index (κ3) is 17.7. The topological polar surface area (TPSA) is 19.4 Å². The zero-order valence-corrected chi connectivity index (χ0v) is 62.6. The van der Waals surface area contributed by atoms with Gasteiger partial charge in [0, 0.05) is 106 Å². The maximum Gasteiger partial charge on any atom is 0.0462 e. The van der Waals surface area contributed by atoms with E-state index >= 15 is 0 Å². The van der Waals surface area contributed by atoms with Crippen LogP contribution in [0.3, 0.4) is 0 Å². The molecule has 17 aromatic carbocycles. The van der Waals surface area contributed by atoms with Crippen LogP contribution >= 0.6 is 0 Å². The summed E-state index contributed by atoms with van der Waals surface area (Å²) in [7, 11) is 6.33. The number of para-hydroxylation sites is 7. The summed E-state index contributed by atoms with van der Waals surface area (Å²) in [6.07, 6.45) is 0. The number of benzene rings is 17. The predicted octanol–water partition coefficient (Wildman–Crippen LogP) is 29.1. The van der Waals surface area contributed by atoms with E-state index in [1.807, 2.05) is 12.1 Å². The van der Waals surface area contributed by atoms with E-state index in [-0.39, 0.29) is 0 Å². The van der Waals surface area contributed by atoms with Crippen LogP contribution < -0.4 is 29.4 Å². The van der Waals surface area contributed by atoms with Crippen molar-refractivity contribution in [3.05, 3.63) is 467 Å².